The smallest absolute Gasteiger partial charge is 0.323 e. The first-order valence-corrected chi connectivity index (χ1v) is 5.88. The maximum atomic E-state index is 13.3. The lowest BCUT2D eigenvalue weighted by Gasteiger charge is -2.13. The van der Waals surface area contributed by atoms with E-state index in [0.717, 1.165) is 14.0 Å². The van der Waals surface area contributed by atoms with Gasteiger partial charge in [-0.05, 0) is 6.92 Å². The molecule has 23 heavy (non-hydrogen) atoms. The predicted molar refractivity (Wildman–Crippen MR) is 62.9 cm³/mol. The summed E-state index contributed by atoms with van der Waals surface area (Å²) in [5.41, 5.74) is 0. The molecule has 0 N–H and O–H groups in total. The van der Waals surface area contributed by atoms with E-state index < -0.39 is 64.9 Å². The van der Waals surface area contributed by atoms with Gasteiger partial charge in [-0.2, -0.15) is 8.78 Å². The number of carbonyl (C=O) groups excluding carboxylic acids is 3. The fourth-order valence-electron chi connectivity index (χ4n) is 1.58. The molecule has 5 nitrogen and oxygen atoms in total. The van der Waals surface area contributed by atoms with Gasteiger partial charge in [-0.15, -0.1) is 0 Å². The molecule has 1 aromatic rings. The van der Waals surface area contributed by atoms with E-state index in [1.54, 1.807) is 0 Å². The average Bonchev–Trinajstić information content (AvgIpc) is 2.50. The molecule has 0 fully saturated rings. The second kappa shape index (κ2) is 7.16. The monoisotopic (exact) mass is 340 g/mol. The highest BCUT2D eigenvalue weighted by molar-refractivity contribution is 6.16. The van der Waals surface area contributed by atoms with Gasteiger partial charge in [0.1, 0.15) is 6.61 Å². The van der Waals surface area contributed by atoms with Crippen molar-refractivity contribution in [2.45, 2.75) is 6.92 Å². The fraction of sp³-hybridized carbons (Fsp3) is 0.308. The quantitative estimate of drug-likeness (QED) is 0.259. The summed E-state index contributed by atoms with van der Waals surface area (Å²) in [7, 11) is 0.885. The molecule has 0 aromatic heterocycles. The minimum Gasteiger partial charge on any atom is -0.479 e. The van der Waals surface area contributed by atoms with Gasteiger partial charge in [0, 0.05) is 0 Å². The molecule has 0 amide bonds. The van der Waals surface area contributed by atoms with Crippen molar-refractivity contribution in [3.8, 4) is 5.75 Å². The lowest BCUT2D eigenvalue weighted by atomic mass is 10.0. The average molecular weight is 340 g/mol. The Morgan fingerprint density at radius 3 is 1.74 bits per heavy atom. The number of hydrogen-bond donors (Lipinski definition) is 0. The maximum Gasteiger partial charge on any atom is 0.323 e. The Labute approximate surface area is 126 Å². The minimum atomic E-state index is -2.39. The molecular formula is C13H9F5O5. The van der Waals surface area contributed by atoms with Crippen molar-refractivity contribution in [1.29, 1.82) is 0 Å². The van der Waals surface area contributed by atoms with E-state index in [1.165, 1.54) is 0 Å². The highest BCUT2D eigenvalue weighted by Crippen LogP contribution is 2.29. The number of esters is 1. The van der Waals surface area contributed by atoms with Crippen LogP contribution in [0.3, 0.4) is 0 Å². The highest BCUT2D eigenvalue weighted by Gasteiger charge is 2.33. The molecule has 0 heterocycles. The van der Waals surface area contributed by atoms with Crippen molar-refractivity contribution in [2.24, 2.45) is 5.92 Å². The lowest BCUT2D eigenvalue weighted by molar-refractivity contribution is -0.153. The summed E-state index contributed by atoms with van der Waals surface area (Å²) < 4.78 is 73.8. The first-order chi connectivity index (χ1) is 10.6. The zero-order valence-electron chi connectivity index (χ0n) is 11.7. The van der Waals surface area contributed by atoms with Crippen LogP contribution in [0.2, 0.25) is 0 Å². The Morgan fingerprint density at radius 1 is 0.913 bits per heavy atom. The third-order valence-corrected chi connectivity index (χ3v) is 2.69. The molecule has 0 aliphatic heterocycles. The van der Waals surface area contributed by atoms with Gasteiger partial charge >= 0.3 is 5.97 Å². The number of methoxy groups -OCH3 is 1. The van der Waals surface area contributed by atoms with E-state index in [-0.39, 0.29) is 0 Å². The van der Waals surface area contributed by atoms with Crippen LogP contribution in [0.4, 0.5) is 22.0 Å². The summed E-state index contributed by atoms with van der Waals surface area (Å²) in [6.45, 7) is -0.407. The van der Waals surface area contributed by atoms with E-state index >= 15 is 0 Å². The third-order valence-electron chi connectivity index (χ3n) is 2.69. The Morgan fingerprint density at radius 2 is 1.35 bits per heavy atom. The number of carbonyl (C=O) groups is 3. The molecule has 0 aliphatic rings. The van der Waals surface area contributed by atoms with Crippen LogP contribution in [0.1, 0.15) is 6.92 Å². The van der Waals surface area contributed by atoms with Gasteiger partial charge in [-0.25, -0.2) is 13.2 Å². The molecule has 1 aromatic carbocycles. The summed E-state index contributed by atoms with van der Waals surface area (Å²) in [5.74, 6) is -18.6. The largest absolute Gasteiger partial charge is 0.479 e. The summed E-state index contributed by atoms with van der Waals surface area (Å²) in [6.07, 6.45) is 0. The first kappa shape index (κ1) is 18.5. The number of benzene rings is 1. The molecule has 0 saturated carbocycles. The molecule has 10 heteroatoms. The molecular weight excluding hydrogens is 331 g/mol. The topological polar surface area (TPSA) is 69.7 Å². The van der Waals surface area contributed by atoms with E-state index in [0.29, 0.717) is 0 Å². The number of ketones is 2. The summed E-state index contributed by atoms with van der Waals surface area (Å²) in [4.78, 5) is 34.1. The van der Waals surface area contributed by atoms with Gasteiger partial charge in [0.2, 0.25) is 29.1 Å². The standard InChI is InChI=1S/C13H9F5O5/c1-4(19)6(13(21)22-2)5(20)3-23-12-10(17)8(15)7(14)9(16)11(12)18/h6H,3H2,1-2H3. The van der Waals surface area contributed by atoms with Crippen LogP contribution in [0.25, 0.3) is 0 Å². The number of ether oxygens (including phenoxy) is 2. The van der Waals surface area contributed by atoms with Crippen LogP contribution in [-0.2, 0) is 19.1 Å². The second-order valence-corrected chi connectivity index (χ2v) is 4.22. The van der Waals surface area contributed by atoms with Crippen molar-refractivity contribution in [3.05, 3.63) is 29.1 Å². The van der Waals surface area contributed by atoms with Gasteiger partial charge in [-0.1, -0.05) is 0 Å². The Kier molecular flexibility index (Phi) is 5.77. The SMILES string of the molecule is COC(=O)C(C(C)=O)C(=O)COc1c(F)c(F)c(F)c(F)c1F. The number of halogens is 5. The lowest BCUT2D eigenvalue weighted by Crippen LogP contribution is -2.34. The summed E-state index contributed by atoms with van der Waals surface area (Å²) >= 11 is 0. The van der Waals surface area contributed by atoms with Crippen molar-refractivity contribution in [3.63, 3.8) is 0 Å². The van der Waals surface area contributed by atoms with Crippen molar-refractivity contribution < 1.29 is 45.8 Å². The molecule has 0 bridgehead atoms. The van der Waals surface area contributed by atoms with Crippen LogP contribution >= 0.6 is 0 Å². The van der Waals surface area contributed by atoms with Crippen LogP contribution in [0.5, 0.6) is 5.75 Å². The van der Waals surface area contributed by atoms with Gasteiger partial charge in [0.25, 0.3) is 0 Å². The zero-order chi connectivity index (χ0) is 17.9. The van der Waals surface area contributed by atoms with Crippen LogP contribution in [0, 0.1) is 35.0 Å². The van der Waals surface area contributed by atoms with E-state index in [1.807, 2.05) is 0 Å². The summed E-state index contributed by atoms with van der Waals surface area (Å²) in [6, 6.07) is 0. The molecule has 0 radical (unpaired) electrons. The molecule has 1 atom stereocenters. The first-order valence-electron chi connectivity index (χ1n) is 5.88. The van der Waals surface area contributed by atoms with Crippen LogP contribution in [0.15, 0.2) is 0 Å². The predicted octanol–water partition coefficient (Wildman–Crippen LogP) is 1.71. The molecule has 0 aliphatic carbocycles. The zero-order valence-corrected chi connectivity index (χ0v) is 11.7. The van der Waals surface area contributed by atoms with Gasteiger partial charge in [0.15, 0.2) is 23.2 Å². The molecule has 0 saturated heterocycles. The van der Waals surface area contributed by atoms with Gasteiger partial charge in [0.05, 0.1) is 7.11 Å². The Bertz CT molecular complexity index is 644. The van der Waals surface area contributed by atoms with Gasteiger partial charge < -0.3 is 9.47 Å². The molecule has 126 valence electrons. The second-order valence-electron chi connectivity index (χ2n) is 4.22. The Balaban J connectivity index is 3.05. The van der Waals surface area contributed by atoms with Crippen molar-refractivity contribution in [2.75, 3.05) is 13.7 Å². The van der Waals surface area contributed by atoms with Crippen molar-refractivity contribution in [1.82, 2.24) is 0 Å². The van der Waals surface area contributed by atoms with Crippen molar-refractivity contribution >= 4 is 17.5 Å². The fourth-order valence-corrected chi connectivity index (χ4v) is 1.58. The highest BCUT2D eigenvalue weighted by atomic mass is 19.2. The van der Waals surface area contributed by atoms with Gasteiger partial charge in [-0.3, -0.25) is 14.4 Å². The third kappa shape index (κ3) is 3.63. The van der Waals surface area contributed by atoms with Crippen LogP contribution < -0.4 is 4.74 Å². The normalized spacial score (nSPS) is 11.8. The van der Waals surface area contributed by atoms with E-state index in [4.69, 9.17) is 0 Å². The number of Topliss-reactive ketones (excluding diaryl/α,β-unsaturated/α-hetero) is 2. The summed E-state index contributed by atoms with van der Waals surface area (Å²) in [5, 5.41) is 0. The van der Waals surface area contributed by atoms with Crippen LogP contribution in [-0.4, -0.2) is 31.3 Å². The molecule has 1 rings (SSSR count). The Hall–Kier alpha value is -2.52. The van der Waals surface area contributed by atoms with E-state index in [2.05, 4.69) is 9.47 Å². The number of rotatable bonds is 6. The number of hydrogen-bond acceptors (Lipinski definition) is 5. The molecule has 0 spiro atoms. The maximum absolute atomic E-state index is 13.3. The minimum absolute atomic E-state index is 0.873. The molecule has 1 unspecified atom stereocenters. The van der Waals surface area contributed by atoms with E-state index in [9.17, 15) is 36.3 Å².